The summed E-state index contributed by atoms with van der Waals surface area (Å²) in [6.45, 7) is 3.89. The first-order valence-electron chi connectivity index (χ1n) is 5.87. The van der Waals surface area contributed by atoms with Crippen molar-refractivity contribution in [3.63, 3.8) is 0 Å². The van der Waals surface area contributed by atoms with Gasteiger partial charge in [0.1, 0.15) is 6.10 Å². The lowest BCUT2D eigenvalue weighted by Crippen LogP contribution is -2.33. The SMILES string of the molecule is Cc1ncc(OC2CCCC(N)C2)nc1C. The van der Waals surface area contributed by atoms with Gasteiger partial charge in [-0.05, 0) is 39.5 Å². The summed E-state index contributed by atoms with van der Waals surface area (Å²) in [5, 5.41) is 0. The van der Waals surface area contributed by atoms with Crippen LogP contribution in [0.1, 0.15) is 37.1 Å². The zero-order valence-corrected chi connectivity index (χ0v) is 9.94. The summed E-state index contributed by atoms with van der Waals surface area (Å²) < 4.78 is 5.81. The smallest absolute Gasteiger partial charge is 0.232 e. The lowest BCUT2D eigenvalue weighted by atomic mass is 9.94. The molecule has 2 unspecified atom stereocenters. The molecular weight excluding hydrogens is 202 g/mol. The Kier molecular flexibility index (Phi) is 3.39. The van der Waals surface area contributed by atoms with Crippen molar-refractivity contribution in [2.45, 2.75) is 51.7 Å². The van der Waals surface area contributed by atoms with Crippen LogP contribution in [0.5, 0.6) is 5.88 Å². The zero-order chi connectivity index (χ0) is 11.5. The van der Waals surface area contributed by atoms with Gasteiger partial charge in [0.05, 0.1) is 17.6 Å². The van der Waals surface area contributed by atoms with Crippen molar-refractivity contribution < 1.29 is 4.74 Å². The number of ether oxygens (including phenoxy) is 1. The van der Waals surface area contributed by atoms with Crippen LogP contribution in [-0.4, -0.2) is 22.1 Å². The van der Waals surface area contributed by atoms with E-state index in [0.29, 0.717) is 5.88 Å². The van der Waals surface area contributed by atoms with Crippen LogP contribution in [-0.2, 0) is 0 Å². The topological polar surface area (TPSA) is 61.0 Å². The summed E-state index contributed by atoms with van der Waals surface area (Å²) >= 11 is 0. The number of rotatable bonds is 2. The first kappa shape index (κ1) is 11.3. The van der Waals surface area contributed by atoms with Gasteiger partial charge in [-0.1, -0.05) is 0 Å². The van der Waals surface area contributed by atoms with E-state index in [0.717, 1.165) is 37.1 Å². The molecule has 0 saturated heterocycles. The molecule has 0 bridgehead atoms. The van der Waals surface area contributed by atoms with Gasteiger partial charge in [0.15, 0.2) is 0 Å². The van der Waals surface area contributed by atoms with Crippen molar-refractivity contribution in [1.29, 1.82) is 0 Å². The van der Waals surface area contributed by atoms with E-state index < -0.39 is 0 Å². The van der Waals surface area contributed by atoms with Gasteiger partial charge in [0.2, 0.25) is 5.88 Å². The van der Waals surface area contributed by atoms with Crippen LogP contribution in [0.3, 0.4) is 0 Å². The quantitative estimate of drug-likeness (QED) is 0.826. The fourth-order valence-electron chi connectivity index (χ4n) is 2.04. The molecule has 16 heavy (non-hydrogen) atoms. The molecule has 4 nitrogen and oxygen atoms in total. The fourth-order valence-corrected chi connectivity index (χ4v) is 2.04. The van der Waals surface area contributed by atoms with Crippen molar-refractivity contribution in [3.05, 3.63) is 17.6 Å². The predicted molar refractivity (Wildman–Crippen MR) is 62.4 cm³/mol. The minimum absolute atomic E-state index is 0.208. The predicted octanol–water partition coefficient (Wildman–Crippen LogP) is 1.74. The molecule has 0 amide bonds. The van der Waals surface area contributed by atoms with Gasteiger partial charge >= 0.3 is 0 Å². The minimum atomic E-state index is 0.208. The molecule has 0 radical (unpaired) electrons. The Morgan fingerprint density at radius 2 is 2.12 bits per heavy atom. The molecule has 4 heteroatoms. The van der Waals surface area contributed by atoms with Crippen LogP contribution < -0.4 is 10.5 Å². The van der Waals surface area contributed by atoms with Crippen molar-refractivity contribution >= 4 is 0 Å². The lowest BCUT2D eigenvalue weighted by Gasteiger charge is -2.26. The molecule has 0 aromatic carbocycles. The van der Waals surface area contributed by atoms with E-state index in [1.165, 1.54) is 0 Å². The monoisotopic (exact) mass is 221 g/mol. The summed E-state index contributed by atoms with van der Waals surface area (Å²) in [6.07, 6.45) is 6.15. The molecule has 2 atom stereocenters. The minimum Gasteiger partial charge on any atom is -0.473 e. The van der Waals surface area contributed by atoms with Gasteiger partial charge in [-0.15, -0.1) is 0 Å². The molecule has 0 spiro atoms. The third-order valence-corrected chi connectivity index (χ3v) is 3.12. The number of hydrogen-bond acceptors (Lipinski definition) is 4. The Morgan fingerprint density at radius 1 is 1.31 bits per heavy atom. The highest BCUT2D eigenvalue weighted by molar-refractivity contribution is 5.14. The molecule has 2 rings (SSSR count). The Labute approximate surface area is 96.2 Å². The normalized spacial score (nSPS) is 25.4. The molecule has 1 aromatic rings. The summed E-state index contributed by atoms with van der Waals surface area (Å²) in [4.78, 5) is 8.61. The van der Waals surface area contributed by atoms with Crippen molar-refractivity contribution in [1.82, 2.24) is 9.97 Å². The van der Waals surface area contributed by atoms with E-state index in [-0.39, 0.29) is 12.1 Å². The Balaban J connectivity index is 2.00. The highest BCUT2D eigenvalue weighted by atomic mass is 16.5. The van der Waals surface area contributed by atoms with Gasteiger partial charge in [-0.2, -0.15) is 0 Å². The molecule has 1 fully saturated rings. The van der Waals surface area contributed by atoms with Crippen LogP contribution in [0, 0.1) is 13.8 Å². The first-order valence-corrected chi connectivity index (χ1v) is 5.87. The van der Waals surface area contributed by atoms with Crippen molar-refractivity contribution in [2.75, 3.05) is 0 Å². The number of aryl methyl sites for hydroxylation is 2. The Morgan fingerprint density at radius 3 is 2.81 bits per heavy atom. The largest absolute Gasteiger partial charge is 0.473 e. The van der Waals surface area contributed by atoms with Crippen LogP contribution in [0.25, 0.3) is 0 Å². The number of aromatic nitrogens is 2. The van der Waals surface area contributed by atoms with Crippen molar-refractivity contribution in [2.24, 2.45) is 5.73 Å². The molecule has 1 saturated carbocycles. The highest BCUT2D eigenvalue weighted by Gasteiger charge is 2.21. The van der Waals surface area contributed by atoms with E-state index in [1.807, 2.05) is 13.8 Å². The molecular formula is C12H19N3O. The first-order chi connectivity index (χ1) is 7.65. The van der Waals surface area contributed by atoms with E-state index in [9.17, 15) is 0 Å². The van der Waals surface area contributed by atoms with E-state index in [4.69, 9.17) is 10.5 Å². The third kappa shape index (κ3) is 2.70. The standard InChI is InChI=1S/C12H19N3O/c1-8-9(2)15-12(7-14-8)16-11-5-3-4-10(13)6-11/h7,10-11H,3-6,13H2,1-2H3. The second-order valence-corrected chi connectivity index (χ2v) is 4.55. The van der Waals surface area contributed by atoms with Crippen molar-refractivity contribution in [3.8, 4) is 5.88 Å². The molecule has 88 valence electrons. The zero-order valence-electron chi connectivity index (χ0n) is 9.94. The summed E-state index contributed by atoms with van der Waals surface area (Å²) in [6, 6.07) is 0.276. The van der Waals surface area contributed by atoms with Crippen LogP contribution in [0.15, 0.2) is 6.20 Å². The highest BCUT2D eigenvalue weighted by Crippen LogP contribution is 2.21. The molecule has 1 aliphatic carbocycles. The molecule has 1 aliphatic rings. The van der Waals surface area contributed by atoms with E-state index in [2.05, 4.69) is 9.97 Å². The maximum Gasteiger partial charge on any atom is 0.232 e. The molecule has 1 aromatic heterocycles. The van der Waals surface area contributed by atoms with Gasteiger partial charge in [-0.25, -0.2) is 4.98 Å². The lowest BCUT2D eigenvalue weighted by molar-refractivity contribution is 0.138. The molecule has 2 N–H and O–H groups in total. The number of hydrogen-bond donors (Lipinski definition) is 1. The average molecular weight is 221 g/mol. The van der Waals surface area contributed by atoms with Gasteiger partial charge in [0, 0.05) is 6.04 Å². The van der Waals surface area contributed by atoms with Crippen LogP contribution in [0.2, 0.25) is 0 Å². The second kappa shape index (κ2) is 4.78. The summed E-state index contributed by atoms with van der Waals surface area (Å²) in [5.41, 5.74) is 7.80. The number of nitrogens with zero attached hydrogens (tertiary/aromatic N) is 2. The van der Waals surface area contributed by atoms with E-state index >= 15 is 0 Å². The second-order valence-electron chi connectivity index (χ2n) is 4.55. The number of nitrogens with two attached hydrogens (primary N) is 1. The molecule has 1 heterocycles. The Bertz CT molecular complexity index is 367. The maximum atomic E-state index is 5.92. The Hall–Kier alpha value is -1.16. The van der Waals surface area contributed by atoms with Gasteiger partial charge < -0.3 is 10.5 Å². The average Bonchev–Trinajstić information content (AvgIpc) is 2.24. The van der Waals surface area contributed by atoms with Gasteiger partial charge in [-0.3, -0.25) is 4.98 Å². The maximum absolute atomic E-state index is 5.92. The van der Waals surface area contributed by atoms with E-state index in [1.54, 1.807) is 6.20 Å². The third-order valence-electron chi connectivity index (χ3n) is 3.12. The summed E-state index contributed by atoms with van der Waals surface area (Å²) in [7, 11) is 0. The fraction of sp³-hybridized carbons (Fsp3) is 0.667. The molecule has 0 aliphatic heterocycles. The van der Waals surface area contributed by atoms with Gasteiger partial charge in [0.25, 0.3) is 0 Å². The van der Waals surface area contributed by atoms with Crippen LogP contribution in [0.4, 0.5) is 0 Å². The van der Waals surface area contributed by atoms with Crippen LogP contribution >= 0.6 is 0 Å². The summed E-state index contributed by atoms with van der Waals surface area (Å²) in [5.74, 6) is 0.627.